The number of carboxylic acid groups (broad SMARTS) is 1. The molecule has 0 saturated heterocycles. The highest BCUT2D eigenvalue weighted by atomic mass is 16.4. The Labute approximate surface area is 137 Å². The lowest BCUT2D eigenvalue weighted by Gasteiger charge is -1.75. The summed E-state index contributed by atoms with van der Waals surface area (Å²) in [6.07, 6.45) is 28.2. The van der Waals surface area contributed by atoms with E-state index in [9.17, 15) is 4.79 Å². The van der Waals surface area contributed by atoms with E-state index in [1.54, 1.807) is 30.4 Å². The molecule has 0 aromatic rings. The van der Waals surface area contributed by atoms with Gasteiger partial charge in [0.15, 0.2) is 0 Å². The van der Waals surface area contributed by atoms with E-state index >= 15 is 0 Å². The fraction of sp³-hybridized carbons (Fsp3) is 0.0500. The van der Waals surface area contributed by atoms with Crippen molar-refractivity contribution >= 4 is 5.97 Å². The lowest BCUT2D eigenvalue weighted by molar-refractivity contribution is -0.131. The monoisotopic (exact) mass is 308 g/mol. The minimum Gasteiger partial charge on any atom is -0.478 e. The van der Waals surface area contributed by atoms with E-state index in [4.69, 9.17) is 10.2 Å². The van der Waals surface area contributed by atoms with E-state index in [0.29, 0.717) is 0 Å². The van der Waals surface area contributed by atoms with Crippen molar-refractivity contribution in [3.63, 3.8) is 0 Å². The quantitative estimate of drug-likeness (QED) is 0.387. The molecule has 0 aromatic heterocycles. The van der Waals surface area contributed by atoms with Gasteiger partial charge >= 0.3 is 5.97 Å². The fourth-order valence-corrected chi connectivity index (χ4v) is 1.10. The number of allylic oxidation sites excluding steroid dienone is 14. The fourth-order valence-electron chi connectivity index (χ4n) is 1.10. The lowest BCUT2D eigenvalue weighted by Crippen LogP contribution is -1.82. The summed E-state index contributed by atoms with van der Waals surface area (Å²) in [5.41, 5.74) is 4.95. The van der Waals surface area contributed by atoms with Gasteiger partial charge in [0.1, 0.15) is 0 Å². The average molecular weight is 308 g/mol. The van der Waals surface area contributed by atoms with Crippen molar-refractivity contribution in [3.05, 3.63) is 109 Å². The van der Waals surface area contributed by atoms with Crippen molar-refractivity contribution in [2.45, 2.75) is 0 Å². The summed E-state index contributed by atoms with van der Waals surface area (Å²) in [5, 5.41) is 16.8. The minimum absolute atomic E-state index is 0.0518. The van der Waals surface area contributed by atoms with Crippen LogP contribution in [0, 0.1) is 0 Å². The van der Waals surface area contributed by atoms with Gasteiger partial charge in [0.25, 0.3) is 0 Å². The van der Waals surface area contributed by atoms with Crippen molar-refractivity contribution in [1.29, 1.82) is 0 Å². The third-order valence-electron chi connectivity index (χ3n) is 2.03. The molecule has 118 valence electrons. The summed E-state index contributed by atoms with van der Waals surface area (Å²) in [4.78, 5) is 10.1. The van der Waals surface area contributed by atoms with E-state index < -0.39 is 5.97 Å². The highest BCUT2D eigenvalue weighted by molar-refractivity contribution is 5.79. The predicted octanol–water partition coefficient (Wildman–Crippen LogP) is 3.82. The molecule has 0 bridgehead atoms. The average Bonchev–Trinajstić information content (AvgIpc) is 2.53. The minimum atomic E-state index is -1.04. The van der Waals surface area contributed by atoms with Gasteiger partial charge in [0, 0.05) is 0 Å². The first kappa shape index (κ1) is 19.9. The molecule has 0 spiro atoms. The maximum absolute atomic E-state index is 10.1. The number of hydrogen-bond donors (Lipinski definition) is 2. The van der Waals surface area contributed by atoms with E-state index in [1.165, 1.54) is 0 Å². The van der Waals surface area contributed by atoms with Crippen LogP contribution in [0.25, 0.3) is 0 Å². The zero-order chi connectivity index (χ0) is 17.0. The van der Waals surface area contributed by atoms with Gasteiger partial charge in [-0.3, -0.25) is 0 Å². The number of aliphatic hydroxyl groups is 1. The molecule has 0 atom stereocenters. The Bertz CT molecular complexity index is 626. The van der Waals surface area contributed by atoms with Crippen LogP contribution in [0.5, 0.6) is 0 Å². The summed E-state index contributed by atoms with van der Waals surface area (Å²) in [5.74, 6) is -1.04. The molecular weight excluding hydrogens is 288 g/mol. The van der Waals surface area contributed by atoms with Crippen LogP contribution < -0.4 is 0 Å². The van der Waals surface area contributed by atoms with Crippen molar-refractivity contribution in [3.8, 4) is 0 Å². The van der Waals surface area contributed by atoms with E-state index in [2.05, 4.69) is 11.5 Å². The molecule has 0 heterocycles. The van der Waals surface area contributed by atoms with E-state index in [1.807, 2.05) is 60.8 Å². The second-order valence-electron chi connectivity index (χ2n) is 3.86. The number of aliphatic carboxylic acids is 1. The molecule has 0 aliphatic heterocycles. The highest BCUT2D eigenvalue weighted by Crippen LogP contribution is 1.85. The van der Waals surface area contributed by atoms with Crippen LogP contribution in [0.3, 0.4) is 0 Å². The molecule has 0 aliphatic carbocycles. The van der Waals surface area contributed by atoms with Crippen molar-refractivity contribution in [2.24, 2.45) is 0 Å². The van der Waals surface area contributed by atoms with Crippen molar-refractivity contribution in [2.75, 3.05) is 6.61 Å². The first-order valence-corrected chi connectivity index (χ1v) is 6.93. The Morgan fingerprint density at radius 2 is 1.13 bits per heavy atom. The normalized spacial score (nSPS) is 12.4. The number of rotatable bonds is 9. The molecule has 0 aliphatic rings. The third kappa shape index (κ3) is 18.9. The molecule has 0 rings (SSSR count). The molecule has 3 heteroatoms. The SMILES string of the molecule is O=C(O)C=C=C=CC=CC=CC=CC=CC=CC=CC=CCO. The molecule has 0 amide bonds. The Balaban J connectivity index is 4.01. The molecule has 0 radical (unpaired) electrons. The predicted molar refractivity (Wildman–Crippen MR) is 94.9 cm³/mol. The van der Waals surface area contributed by atoms with Crippen molar-refractivity contribution < 1.29 is 15.0 Å². The maximum Gasteiger partial charge on any atom is 0.336 e. The summed E-state index contributed by atoms with van der Waals surface area (Å²) in [6, 6.07) is 0. The Hall–Kier alpha value is -3.09. The van der Waals surface area contributed by atoms with Gasteiger partial charge in [-0.1, -0.05) is 96.5 Å². The first-order valence-electron chi connectivity index (χ1n) is 6.93. The molecule has 0 saturated carbocycles. The molecular formula is C20H20O3. The van der Waals surface area contributed by atoms with Crippen LogP contribution in [-0.4, -0.2) is 22.8 Å². The van der Waals surface area contributed by atoms with Gasteiger partial charge in [-0.15, -0.1) is 0 Å². The molecule has 2 N–H and O–H groups in total. The molecule has 0 fully saturated rings. The summed E-state index contributed by atoms with van der Waals surface area (Å²) in [7, 11) is 0. The number of carboxylic acids is 1. The molecule has 3 nitrogen and oxygen atoms in total. The summed E-state index contributed by atoms with van der Waals surface area (Å²) in [6.45, 7) is 0.0518. The van der Waals surface area contributed by atoms with Gasteiger partial charge in [0.05, 0.1) is 12.7 Å². The number of carbonyl (C=O) groups is 1. The molecule has 0 aromatic carbocycles. The smallest absolute Gasteiger partial charge is 0.336 e. The largest absolute Gasteiger partial charge is 0.478 e. The van der Waals surface area contributed by atoms with Crippen LogP contribution in [0.15, 0.2) is 109 Å². The zero-order valence-electron chi connectivity index (χ0n) is 12.7. The van der Waals surface area contributed by atoms with Gasteiger partial charge in [-0.05, 0) is 6.08 Å². The lowest BCUT2D eigenvalue weighted by atomic mass is 10.3. The van der Waals surface area contributed by atoms with Crippen LogP contribution >= 0.6 is 0 Å². The Morgan fingerprint density at radius 3 is 1.57 bits per heavy atom. The molecule has 23 heavy (non-hydrogen) atoms. The zero-order valence-corrected chi connectivity index (χ0v) is 12.7. The molecule has 0 unspecified atom stereocenters. The second kappa shape index (κ2) is 17.0. The van der Waals surface area contributed by atoms with Crippen LogP contribution in [0.4, 0.5) is 0 Å². The van der Waals surface area contributed by atoms with Crippen LogP contribution in [-0.2, 0) is 4.79 Å². The second-order valence-corrected chi connectivity index (χ2v) is 3.86. The van der Waals surface area contributed by atoms with Crippen molar-refractivity contribution in [1.82, 2.24) is 0 Å². The number of aliphatic hydroxyl groups excluding tert-OH is 1. The third-order valence-corrected chi connectivity index (χ3v) is 2.03. The standard InChI is InChI=1S/C20H20O3/c21-19-17-15-13-11-9-7-5-3-1-2-4-6-8-10-12-14-16-18-20(22)23/h1-13,15,17-18,21H,19H2,(H,22,23). The number of hydrogen-bond acceptors (Lipinski definition) is 2. The Kier molecular flexibility index (Phi) is 14.7. The van der Waals surface area contributed by atoms with Gasteiger partial charge in [-0.25, -0.2) is 4.79 Å². The van der Waals surface area contributed by atoms with Crippen LogP contribution in [0.1, 0.15) is 0 Å². The van der Waals surface area contributed by atoms with Gasteiger partial charge < -0.3 is 10.2 Å². The van der Waals surface area contributed by atoms with Gasteiger partial charge in [0.2, 0.25) is 0 Å². The highest BCUT2D eigenvalue weighted by Gasteiger charge is 1.77. The van der Waals surface area contributed by atoms with Crippen LogP contribution in [0.2, 0.25) is 0 Å². The van der Waals surface area contributed by atoms with Gasteiger partial charge in [-0.2, -0.15) is 0 Å². The topological polar surface area (TPSA) is 57.5 Å². The van der Waals surface area contributed by atoms with E-state index in [0.717, 1.165) is 6.08 Å². The maximum atomic E-state index is 10.1. The first-order chi connectivity index (χ1) is 11.3. The summed E-state index contributed by atoms with van der Waals surface area (Å²) >= 11 is 0. The Morgan fingerprint density at radius 1 is 0.696 bits per heavy atom. The summed E-state index contributed by atoms with van der Waals surface area (Å²) < 4.78 is 0. The van der Waals surface area contributed by atoms with E-state index in [-0.39, 0.29) is 6.61 Å².